The average Bonchev–Trinajstić information content (AvgIpc) is 3.39. The van der Waals surface area contributed by atoms with E-state index in [2.05, 4.69) is 40.5 Å². The van der Waals surface area contributed by atoms with E-state index >= 15 is 0 Å². The summed E-state index contributed by atoms with van der Waals surface area (Å²) in [6, 6.07) is 15.3. The molecular weight excluding hydrogens is 436 g/mol. The lowest BCUT2D eigenvalue weighted by molar-refractivity contribution is 0.102. The molecule has 33 heavy (non-hydrogen) atoms. The molecule has 0 atom stereocenters. The number of hydrogen-bond donors (Lipinski definition) is 2. The van der Waals surface area contributed by atoms with Crippen molar-refractivity contribution in [2.75, 3.05) is 5.32 Å². The molecule has 0 spiro atoms. The highest BCUT2D eigenvalue weighted by Crippen LogP contribution is 2.28. The molecule has 2 aromatic carbocycles. The third-order valence-electron chi connectivity index (χ3n) is 5.63. The van der Waals surface area contributed by atoms with Gasteiger partial charge >= 0.3 is 0 Å². The molecule has 0 fully saturated rings. The van der Waals surface area contributed by atoms with Crippen molar-refractivity contribution in [3.63, 3.8) is 0 Å². The zero-order valence-electron chi connectivity index (χ0n) is 18.2. The van der Waals surface area contributed by atoms with Crippen LogP contribution in [0.3, 0.4) is 0 Å². The van der Waals surface area contributed by atoms with E-state index in [4.69, 9.17) is 16.6 Å². The maximum atomic E-state index is 13.1. The zero-order valence-corrected chi connectivity index (χ0v) is 18.9. The molecule has 0 aliphatic rings. The lowest BCUT2D eigenvalue weighted by Crippen LogP contribution is -2.17. The fourth-order valence-corrected chi connectivity index (χ4v) is 4.31. The molecule has 7 nitrogen and oxygen atoms in total. The molecule has 0 aliphatic heterocycles. The van der Waals surface area contributed by atoms with Crippen LogP contribution < -0.4 is 5.32 Å². The third-order valence-corrected chi connectivity index (χ3v) is 5.95. The minimum absolute atomic E-state index is 0.234. The minimum Gasteiger partial charge on any atom is -0.349 e. The van der Waals surface area contributed by atoms with Gasteiger partial charge in [0.15, 0.2) is 11.6 Å². The van der Waals surface area contributed by atoms with Crippen molar-refractivity contribution in [1.82, 2.24) is 19.7 Å². The standard InChI is InChI=1S/C25H19ClN6O/c1-13-7-15(3)22-18(8-13)14(2)9-21(30-22)32-24(17(11-27)12-28-32)31-25(33)20-10-16-5-4-6-19(26)23(16)29-20/h4-10,12,29H,1-3H3,(H,31,33). The Kier molecular flexibility index (Phi) is 4.88. The summed E-state index contributed by atoms with van der Waals surface area (Å²) in [5, 5.41) is 19.2. The van der Waals surface area contributed by atoms with Crippen LogP contribution in [-0.4, -0.2) is 25.7 Å². The van der Waals surface area contributed by atoms with Crippen LogP contribution in [0.1, 0.15) is 32.7 Å². The summed E-state index contributed by atoms with van der Waals surface area (Å²) >= 11 is 6.23. The summed E-state index contributed by atoms with van der Waals surface area (Å²) in [5.41, 5.74) is 5.32. The topological polar surface area (TPSA) is 99.4 Å². The number of halogens is 1. The number of hydrogen-bond acceptors (Lipinski definition) is 4. The van der Waals surface area contributed by atoms with Crippen LogP contribution in [0.25, 0.3) is 27.6 Å². The predicted octanol–water partition coefficient (Wildman–Crippen LogP) is 5.60. The molecule has 1 amide bonds. The van der Waals surface area contributed by atoms with Gasteiger partial charge in [-0.05, 0) is 56.2 Å². The van der Waals surface area contributed by atoms with Crippen molar-refractivity contribution in [3.8, 4) is 11.9 Å². The van der Waals surface area contributed by atoms with Gasteiger partial charge in [-0.1, -0.05) is 35.4 Å². The molecule has 3 aromatic heterocycles. The Morgan fingerprint density at radius 3 is 2.73 bits per heavy atom. The Bertz CT molecular complexity index is 1620. The van der Waals surface area contributed by atoms with Gasteiger partial charge in [-0.25, -0.2) is 4.98 Å². The number of carbonyl (C=O) groups excluding carboxylic acids is 1. The number of aryl methyl sites for hydroxylation is 3. The molecule has 5 rings (SSSR count). The van der Waals surface area contributed by atoms with E-state index in [0.717, 1.165) is 33.0 Å². The van der Waals surface area contributed by atoms with Crippen LogP contribution in [0, 0.1) is 32.1 Å². The predicted molar refractivity (Wildman–Crippen MR) is 129 cm³/mol. The lowest BCUT2D eigenvalue weighted by Gasteiger charge is -2.12. The van der Waals surface area contributed by atoms with Crippen molar-refractivity contribution >= 4 is 45.1 Å². The largest absolute Gasteiger partial charge is 0.349 e. The maximum absolute atomic E-state index is 13.1. The van der Waals surface area contributed by atoms with E-state index in [1.807, 2.05) is 32.0 Å². The van der Waals surface area contributed by atoms with Crippen molar-refractivity contribution < 1.29 is 4.79 Å². The number of pyridine rings is 1. The highest BCUT2D eigenvalue weighted by Gasteiger charge is 2.19. The Morgan fingerprint density at radius 1 is 1.15 bits per heavy atom. The van der Waals surface area contributed by atoms with E-state index in [1.165, 1.54) is 10.9 Å². The monoisotopic (exact) mass is 454 g/mol. The van der Waals surface area contributed by atoms with Crippen molar-refractivity contribution in [3.05, 3.63) is 81.6 Å². The third kappa shape index (κ3) is 3.51. The van der Waals surface area contributed by atoms with Crippen molar-refractivity contribution in [2.45, 2.75) is 20.8 Å². The second-order valence-electron chi connectivity index (χ2n) is 8.05. The highest BCUT2D eigenvalue weighted by atomic mass is 35.5. The molecule has 8 heteroatoms. The number of amides is 1. The zero-order chi connectivity index (χ0) is 23.3. The minimum atomic E-state index is -0.412. The average molecular weight is 455 g/mol. The first-order valence-electron chi connectivity index (χ1n) is 10.3. The van der Waals surface area contributed by atoms with Crippen molar-refractivity contribution in [2.24, 2.45) is 0 Å². The Labute approximate surface area is 194 Å². The number of aromatic amines is 1. The second-order valence-corrected chi connectivity index (χ2v) is 8.45. The molecule has 0 saturated heterocycles. The summed E-state index contributed by atoms with van der Waals surface area (Å²) in [6.07, 6.45) is 1.42. The van der Waals surface area contributed by atoms with Crippen molar-refractivity contribution in [1.29, 1.82) is 5.26 Å². The van der Waals surface area contributed by atoms with Gasteiger partial charge in [-0.3, -0.25) is 4.79 Å². The second kappa shape index (κ2) is 7.76. The molecule has 0 bridgehead atoms. The van der Waals surface area contributed by atoms with Gasteiger partial charge in [0.1, 0.15) is 17.3 Å². The van der Waals surface area contributed by atoms with Gasteiger partial charge in [0.2, 0.25) is 0 Å². The number of anilines is 1. The molecule has 2 N–H and O–H groups in total. The summed E-state index contributed by atoms with van der Waals surface area (Å²) in [6.45, 7) is 6.07. The number of nitrogens with zero attached hydrogens (tertiary/aromatic N) is 4. The number of rotatable bonds is 3. The number of H-pyrrole nitrogens is 1. The van der Waals surface area contributed by atoms with Crippen LogP contribution in [0.4, 0.5) is 5.82 Å². The number of aromatic nitrogens is 4. The Morgan fingerprint density at radius 2 is 1.97 bits per heavy atom. The van der Waals surface area contributed by atoms with Crippen LogP contribution in [0.5, 0.6) is 0 Å². The first-order valence-corrected chi connectivity index (χ1v) is 10.7. The Balaban J connectivity index is 1.59. The van der Waals surface area contributed by atoms with E-state index in [9.17, 15) is 10.1 Å². The number of nitrogens with one attached hydrogen (secondary N) is 2. The van der Waals surface area contributed by atoms with Gasteiger partial charge < -0.3 is 10.3 Å². The number of carbonyl (C=O) groups is 1. The van der Waals surface area contributed by atoms with Crippen LogP contribution in [0.15, 0.2) is 48.7 Å². The smallest absolute Gasteiger partial charge is 0.273 e. The van der Waals surface area contributed by atoms with E-state index in [1.54, 1.807) is 12.1 Å². The van der Waals surface area contributed by atoms with E-state index in [-0.39, 0.29) is 11.4 Å². The number of para-hydroxylation sites is 1. The summed E-state index contributed by atoms with van der Waals surface area (Å²) < 4.78 is 1.48. The summed E-state index contributed by atoms with van der Waals surface area (Å²) in [7, 11) is 0. The number of benzene rings is 2. The SMILES string of the molecule is Cc1cc(C)c2nc(-n3ncc(C#N)c3NC(=O)c3cc4cccc(Cl)c4[nH]3)cc(C)c2c1. The molecule has 0 saturated carbocycles. The van der Waals surface area contributed by atoms with Gasteiger partial charge in [0.05, 0.1) is 22.3 Å². The summed E-state index contributed by atoms with van der Waals surface area (Å²) in [5.74, 6) is 0.358. The summed E-state index contributed by atoms with van der Waals surface area (Å²) in [4.78, 5) is 20.9. The Hall–Kier alpha value is -4.15. The fraction of sp³-hybridized carbons (Fsp3) is 0.120. The van der Waals surface area contributed by atoms with Gasteiger partial charge in [-0.2, -0.15) is 15.0 Å². The lowest BCUT2D eigenvalue weighted by atomic mass is 10.0. The number of fused-ring (bicyclic) bond motifs is 2. The first kappa shape index (κ1) is 20.7. The first-order chi connectivity index (χ1) is 15.9. The van der Waals surface area contributed by atoms with E-state index < -0.39 is 5.91 Å². The normalized spacial score (nSPS) is 11.1. The molecule has 0 radical (unpaired) electrons. The molecular formula is C25H19ClN6O. The quantitative estimate of drug-likeness (QED) is 0.370. The van der Waals surface area contributed by atoms with Gasteiger partial charge in [0, 0.05) is 10.8 Å². The molecule has 162 valence electrons. The van der Waals surface area contributed by atoms with Crippen LogP contribution in [-0.2, 0) is 0 Å². The van der Waals surface area contributed by atoms with Crippen LogP contribution >= 0.6 is 11.6 Å². The van der Waals surface area contributed by atoms with E-state index in [0.29, 0.717) is 22.1 Å². The molecule has 3 heterocycles. The van der Waals surface area contributed by atoms with Gasteiger partial charge in [0.25, 0.3) is 5.91 Å². The molecule has 0 aliphatic carbocycles. The maximum Gasteiger partial charge on any atom is 0.273 e. The van der Waals surface area contributed by atoms with Crippen LogP contribution in [0.2, 0.25) is 5.02 Å². The molecule has 0 unspecified atom stereocenters. The highest BCUT2D eigenvalue weighted by molar-refractivity contribution is 6.35. The van der Waals surface area contributed by atoms with Gasteiger partial charge in [-0.15, -0.1) is 0 Å². The number of nitriles is 1. The fourth-order valence-electron chi connectivity index (χ4n) is 4.08. The molecule has 5 aromatic rings.